The summed E-state index contributed by atoms with van der Waals surface area (Å²) in [4.78, 5) is 5.08. The van der Waals surface area contributed by atoms with Gasteiger partial charge in [0, 0.05) is 38.8 Å². The molecule has 0 aromatic heterocycles. The first-order valence-corrected chi connectivity index (χ1v) is 4.99. The van der Waals surface area contributed by atoms with Gasteiger partial charge in [-0.3, -0.25) is 4.90 Å². The van der Waals surface area contributed by atoms with Crippen LogP contribution >= 0.6 is 0 Å². The predicted octanol–water partition coefficient (Wildman–Crippen LogP) is -0.404. The van der Waals surface area contributed by atoms with Crippen LogP contribution in [0.2, 0.25) is 0 Å². The summed E-state index contributed by atoms with van der Waals surface area (Å²) in [5.74, 6) is 0. The Morgan fingerprint density at radius 3 is 2.50 bits per heavy atom. The third-order valence-corrected chi connectivity index (χ3v) is 3.03. The normalized spacial score (nSPS) is 34.2. The van der Waals surface area contributed by atoms with Crippen LogP contribution in [0.15, 0.2) is 0 Å². The molecule has 0 saturated carbocycles. The van der Waals surface area contributed by atoms with Crippen LogP contribution < -0.4 is 5.32 Å². The highest BCUT2D eigenvalue weighted by molar-refractivity contribution is 4.83. The Balaban J connectivity index is 1.83. The first-order valence-electron chi connectivity index (χ1n) is 4.99. The van der Waals surface area contributed by atoms with Crippen LogP contribution in [-0.2, 0) is 0 Å². The minimum absolute atomic E-state index is 0.845. The zero-order valence-electron chi connectivity index (χ0n) is 7.92. The molecule has 2 fully saturated rings. The number of nitrogens with zero attached hydrogens (tertiary/aromatic N) is 2. The highest BCUT2D eigenvalue weighted by atomic mass is 15.3. The molecule has 70 valence electrons. The fourth-order valence-corrected chi connectivity index (χ4v) is 2.26. The topological polar surface area (TPSA) is 18.5 Å². The highest BCUT2D eigenvalue weighted by Gasteiger charge is 2.25. The van der Waals surface area contributed by atoms with Crippen molar-refractivity contribution < 1.29 is 0 Å². The standard InChI is InChI=1S/C9H19N3/c1-11-5-2-9(8-11)12-6-3-10-4-7-12/h9-10H,2-8H2,1H3/t9-/m1/s1. The lowest BCUT2D eigenvalue weighted by atomic mass is 10.2. The summed E-state index contributed by atoms with van der Waals surface area (Å²) in [5, 5.41) is 3.39. The van der Waals surface area contributed by atoms with Gasteiger partial charge in [0.2, 0.25) is 0 Å². The van der Waals surface area contributed by atoms with Gasteiger partial charge in [-0.25, -0.2) is 0 Å². The van der Waals surface area contributed by atoms with Gasteiger partial charge < -0.3 is 10.2 Å². The molecule has 2 saturated heterocycles. The molecule has 0 aromatic rings. The van der Waals surface area contributed by atoms with E-state index in [4.69, 9.17) is 0 Å². The lowest BCUT2D eigenvalue weighted by molar-refractivity contribution is 0.175. The molecule has 0 bridgehead atoms. The van der Waals surface area contributed by atoms with Crippen LogP contribution in [0.1, 0.15) is 6.42 Å². The molecule has 3 heteroatoms. The van der Waals surface area contributed by atoms with E-state index >= 15 is 0 Å². The molecule has 2 aliphatic rings. The van der Waals surface area contributed by atoms with Crippen molar-refractivity contribution in [1.82, 2.24) is 15.1 Å². The van der Waals surface area contributed by atoms with Gasteiger partial charge in [-0.1, -0.05) is 0 Å². The van der Waals surface area contributed by atoms with Gasteiger partial charge in [0.1, 0.15) is 0 Å². The molecule has 0 unspecified atom stereocenters. The molecule has 2 heterocycles. The van der Waals surface area contributed by atoms with Gasteiger partial charge in [-0.05, 0) is 20.0 Å². The number of likely N-dealkylation sites (N-methyl/N-ethyl adjacent to an activating group) is 1. The number of nitrogens with one attached hydrogen (secondary N) is 1. The molecular formula is C9H19N3. The first kappa shape index (κ1) is 8.48. The lowest BCUT2D eigenvalue weighted by Crippen LogP contribution is -2.49. The average Bonchev–Trinajstić information content (AvgIpc) is 2.54. The van der Waals surface area contributed by atoms with Crippen LogP contribution in [0.4, 0.5) is 0 Å². The molecule has 0 amide bonds. The van der Waals surface area contributed by atoms with Crippen molar-refractivity contribution in [3.63, 3.8) is 0 Å². The van der Waals surface area contributed by atoms with Crippen molar-refractivity contribution in [1.29, 1.82) is 0 Å². The fourth-order valence-electron chi connectivity index (χ4n) is 2.26. The van der Waals surface area contributed by atoms with E-state index in [0.29, 0.717) is 0 Å². The Morgan fingerprint density at radius 2 is 1.92 bits per heavy atom. The third-order valence-electron chi connectivity index (χ3n) is 3.03. The van der Waals surface area contributed by atoms with Gasteiger partial charge in [0.25, 0.3) is 0 Å². The molecule has 3 nitrogen and oxygen atoms in total. The third kappa shape index (κ3) is 1.79. The summed E-state index contributed by atoms with van der Waals surface area (Å²) >= 11 is 0. The molecule has 1 N–H and O–H groups in total. The van der Waals surface area contributed by atoms with Crippen molar-refractivity contribution >= 4 is 0 Å². The Hall–Kier alpha value is -0.120. The largest absolute Gasteiger partial charge is 0.314 e. The van der Waals surface area contributed by atoms with E-state index in [1.807, 2.05) is 0 Å². The molecule has 0 radical (unpaired) electrons. The van der Waals surface area contributed by atoms with Gasteiger partial charge in [0.15, 0.2) is 0 Å². The number of hydrogen-bond acceptors (Lipinski definition) is 3. The number of hydrogen-bond donors (Lipinski definition) is 1. The maximum absolute atomic E-state index is 3.39. The summed E-state index contributed by atoms with van der Waals surface area (Å²) < 4.78 is 0. The van der Waals surface area contributed by atoms with E-state index in [9.17, 15) is 0 Å². The molecular weight excluding hydrogens is 150 g/mol. The quantitative estimate of drug-likeness (QED) is 0.576. The Labute approximate surface area is 74.7 Å². The Kier molecular flexibility index (Phi) is 2.63. The van der Waals surface area contributed by atoms with E-state index in [0.717, 1.165) is 6.04 Å². The van der Waals surface area contributed by atoms with E-state index in [-0.39, 0.29) is 0 Å². The van der Waals surface area contributed by atoms with Gasteiger partial charge in [0.05, 0.1) is 0 Å². The number of likely N-dealkylation sites (tertiary alicyclic amines) is 1. The van der Waals surface area contributed by atoms with Crippen molar-refractivity contribution in [2.24, 2.45) is 0 Å². The van der Waals surface area contributed by atoms with Crippen molar-refractivity contribution in [2.75, 3.05) is 46.3 Å². The smallest absolute Gasteiger partial charge is 0.0236 e. The first-order chi connectivity index (χ1) is 5.86. The summed E-state index contributed by atoms with van der Waals surface area (Å²) in [5.41, 5.74) is 0. The molecule has 2 rings (SSSR count). The SMILES string of the molecule is CN1CC[C@@H](N2CCNCC2)C1. The van der Waals surface area contributed by atoms with Crippen LogP contribution in [0.3, 0.4) is 0 Å². The maximum atomic E-state index is 3.39. The summed E-state index contributed by atoms with van der Waals surface area (Å²) in [6.45, 7) is 7.42. The van der Waals surface area contributed by atoms with Gasteiger partial charge in [-0.2, -0.15) is 0 Å². The zero-order chi connectivity index (χ0) is 8.39. The zero-order valence-corrected chi connectivity index (χ0v) is 7.92. The summed E-state index contributed by atoms with van der Waals surface area (Å²) in [7, 11) is 2.22. The van der Waals surface area contributed by atoms with Crippen molar-refractivity contribution in [3.8, 4) is 0 Å². The monoisotopic (exact) mass is 169 g/mol. The fraction of sp³-hybridized carbons (Fsp3) is 1.00. The molecule has 0 spiro atoms. The molecule has 1 atom stereocenters. The second kappa shape index (κ2) is 3.73. The second-order valence-electron chi connectivity index (χ2n) is 3.99. The van der Waals surface area contributed by atoms with Gasteiger partial charge >= 0.3 is 0 Å². The average molecular weight is 169 g/mol. The maximum Gasteiger partial charge on any atom is 0.0236 e. The van der Waals surface area contributed by atoms with Crippen LogP contribution in [0.5, 0.6) is 0 Å². The molecule has 12 heavy (non-hydrogen) atoms. The van der Waals surface area contributed by atoms with E-state index < -0.39 is 0 Å². The number of rotatable bonds is 1. The van der Waals surface area contributed by atoms with E-state index in [1.165, 1.54) is 45.7 Å². The molecule has 2 aliphatic heterocycles. The Morgan fingerprint density at radius 1 is 1.17 bits per heavy atom. The van der Waals surface area contributed by atoms with Crippen molar-refractivity contribution in [3.05, 3.63) is 0 Å². The van der Waals surface area contributed by atoms with Crippen LogP contribution in [0.25, 0.3) is 0 Å². The van der Waals surface area contributed by atoms with E-state index in [2.05, 4.69) is 22.2 Å². The van der Waals surface area contributed by atoms with E-state index in [1.54, 1.807) is 0 Å². The Bertz CT molecular complexity index is 140. The van der Waals surface area contributed by atoms with Crippen molar-refractivity contribution in [2.45, 2.75) is 12.5 Å². The van der Waals surface area contributed by atoms with Crippen LogP contribution in [0, 0.1) is 0 Å². The summed E-state index contributed by atoms with van der Waals surface area (Å²) in [6.07, 6.45) is 1.37. The van der Waals surface area contributed by atoms with Gasteiger partial charge in [-0.15, -0.1) is 0 Å². The molecule has 0 aromatic carbocycles. The second-order valence-corrected chi connectivity index (χ2v) is 3.99. The highest BCUT2D eigenvalue weighted by Crippen LogP contribution is 2.13. The minimum Gasteiger partial charge on any atom is -0.314 e. The van der Waals surface area contributed by atoms with Crippen LogP contribution in [-0.4, -0.2) is 62.2 Å². The summed E-state index contributed by atoms with van der Waals surface area (Å²) in [6, 6.07) is 0.845. The minimum atomic E-state index is 0.845. The predicted molar refractivity (Wildman–Crippen MR) is 50.3 cm³/mol. The molecule has 0 aliphatic carbocycles. The number of piperazine rings is 1. The lowest BCUT2D eigenvalue weighted by Gasteiger charge is -2.32.